The number of nitrogens with two attached hydrogens (primary N) is 1. The highest BCUT2D eigenvalue weighted by molar-refractivity contribution is 5.40. The fourth-order valence-corrected chi connectivity index (χ4v) is 2.00. The Bertz CT molecular complexity index is 375. The maximum absolute atomic E-state index is 5.88. The molecule has 0 saturated heterocycles. The molecule has 1 rings (SSSR count). The summed E-state index contributed by atoms with van der Waals surface area (Å²) in [5.41, 5.74) is 7.01. The van der Waals surface area contributed by atoms with Gasteiger partial charge in [-0.2, -0.15) is 0 Å². The van der Waals surface area contributed by atoms with E-state index in [2.05, 4.69) is 13.8 Å². The summed E-state index contributed by atoms with van der Waals surface area (Å²) in [6.07, 6.45) is 3.08. The van der Waals surface area contributed by atoms with Crippen LogP contribution in [0.4, 0.5) is 0 Å². The first-order valence-electron chi connectivity index (χ1n) is 7.08. The van der Waals surface area contributed by atoms with Crippen molar-refractivity contribution in [1.82, 2.24) is 0 Å². The van der Waals surface area contributed by atoms with Crippen LogP contribution in [0.25, 0.3) is 0 Å². The summed E-state index contributed by atoms with van der Waals surface area (Å²) >= 11 is 0. The van der Waals surface area contributed by atoms with Gasteiger partial charge in [0.05, 0.1) is 13.7 Å². The molecule has 0 radical (unpaired) electrons. The molecule has 0 bridgehead atoms. The van der Waals surface area contributed by atoms with Gasteiger partial charge in [-0.05, 0) is 55.9 Å². The SMILES string of the molecule is COc1ccc(OCCCC(C)C)c(CC(C)N)c1. The Labute approximate surface area is 117 Å². The number of methoxy groups -OCH3 is 1. The molecule has 0 heterocycles. The quantitative estimate of drug-likeness (QED) is 0.733. The summed E-state index contributed by atoms with van der Waals surface area (Å²) in [5.74, 6) is 2.51. The summed E-state index contributed by atoms with van der Waals surface area (Å²) in [4.78, 5) is 0. The molecule has 0 aliphatic rings. The molecule has 0 aliphatic carbocycles. The van der Waals surface area contributed by atoms with Crippen LogP contribution in [0.2, 0.25) is 0 Å². The van der Waals surface area contributed by atoms with Crippen LogP contribution in [0, 0.1) is 5.92 Å². The fourth-order valence-electron chi connectivity index (χ4n) is 2.00. The van der Waals surface area contributed by atoms with Gasteiger partial charge in [0.25, 0.3) is 0 Å². The molecule has 108 valence electrons. The van der Waals surface area contributed by atoms with Crippen molar-refractivity contribution in [3.05, 3.63) is 23.8 Å². The minimum atomic E-state index is 0.116. The Morgan fingerprint density at radius 1 is 1.21 bits per heavy atom. The molecule has 3 nitrogen and oxygen atoms in total. The minimum absolute atomic E-state index is 0.116. The predicted molar refractivity (Wildman–Crippen MR) is 79.9 cm³/mol. The highest BCUT2D eigenvalue weighted by Gasteiger charge is 2.08. The average molecular weight is 265 g/mol. The lowest BCUT2D eigenvalue weighted by Crippen LogP contribution is -2.18. The van der Waals surface area contributed by atoms with E-state index in [9.17, 15) is 0 Å². The topological polar surface area (TPSA) is 44.5 Å². The second-order valence-corrected chi connectivity index (χ2v) is 5.54. The van der Waals surface area contributed by atoms with Gasteiger partial charge in [0, 0.05) is 6.04 Å². The second kappa shape index (κ2) is 8.05. The first kappa shape index (κ1) is 15.8. The van der Waals surface area contributed by atoms with Crippen LogP contribution >= 0.6 is 0 Å². The fraction of sp³-hybridized carbons (Fsp3) is 0.625. The summed E-state index contributed by atoms with van der Waals surface area (Å²) in [5, 5.41) is 0. The van der Waals surface area contributed by atoms with E-state index in [4.69, 9.17) is 15.2 Å². The van der Waals surface area contributed by atoms with Crippen LogP contribution in [0.3, 0.4) is 0 Å². The number of benzene rings is 1. The molecule has 0 aromatic heterocycles. The van der Waals surface area contributed by atoms with Crippen molar-refractivity contribution in [3.8, 4) is 11.5 Å². The Kier molecular flexibility index (Phi) is 6.71. The maximum Gasteiger partial charge on any atom is 0.122 e. The van der Waals surface area contributed by atoms with E-state index in [-0.39, 0.29) is 6.04 Å². The van der Waals surface area contributed by atoms with Crippen LogP contribution in [-0.2, 0) is 6.42 Å². The van der Waals surface area contributed by atoms with E-state index < -0.39 is 0 Å². The molecule has 19 heavy (non-hydrogen) atoms. The molecular formula is C16H27NO2. The van der Waals surface area contributed by atoms with Crippen molar-refractivity contribution < 1.29 is 9.47 Å². The zero-order chi connectivity index (χ0) is 14.3. The number of rotatable bonds is 8. The van der Waals surface area contributed by atoms with Gasteiger partial charge in [-0.3, -0.25) is 0 Å². The maximum atomic E-state index is 5.88. The van der Waals surface area contributed by atoms with Crippen LogP contribution in [0.15, 0.2) is 18.2 Å². The van der Waals surface area contributed by atoms with E-state index in [1.165, 1.54) is 6.42 Å². The third-order valence-corrected chi connectivity index (χ3v) is 2.99. The first-order chi connectivity index (χ1) is 9.02. The lowest BCUT2D eigenvalue weighted by Gasteiger charge is -2.15. The summed E-state index contributed by atoms with van der Waals surface area (Å²) in [7, 11) is 1.67. The smallest absolute Gasteiger partial charge is 0.122 e. The average Bonchev–Trinajstić information content (AvgIpc) is 2.35. The molecule has 0 aliphatic heterocycles. The van der Waals surface area contributed by atoms with E-state index in [0.29, 0.717) is 0 Å². The van der Waals surface area contributed by atoms with Gasteiger partial charge in [0.2, 0.25) is 0 Å². The molecule has 0 amide bonds. The lowest BCUT2D eigenvalue weighted by molar-refractivity contribution is 0.294. The van der Waals surface area contributed by atoms with Gasteiger partial charge < -0.3 is 15.2 Å². The predicted octanol–water partition coefficient (Wildman–Crippen LogP) is 3.40. The normalized spacial score (nSPS) is 12.5. The zero-order valence-electron chi connectivity index (χ0n) is 12.6. The Hall–Kier alpha value is -1.22. The number of hydrogen-bond acceptors (Lipinski definition) is 3. The van der Waals surface area contributed by atoms with Gasteiger partial charge in [-0.25, -0.2) is 0 Å². The van der Waals surface area contributed by atoms with Crippen molar-refractivity contribution >= 4 is 0 Å². The molecule has 2 N–H and O–H groups in total. The lowest BCUT2D eigenvalue weighted by atomic mass is 10.1. The molecule has 0 spiro atoms. The van der Waals surface area contributed by atoms with Crippen LogP contribution in [0.1, 0.15) is 39.2 Å². The largest absolute Gasteiger partial charge is 0.497 e. The van der Waals surface area contributed by atoms with Gasteiger partial charge in [0.15, 0.2) is 0 Å². The van der Waals surface area contributed by atoms with Crippen molar-refractivity contribution in [2.24, 2.45) is 11.7 Å². The summed E-state index contributed by atoms with van der Waals surface area (Å²) < 4.78 is 11.1. The van der Waals surface area contributed by atoms with Crippen molar-refractivity contribution in [2.45, 2.75) is 46.1 Å². The molecule has 1 atom stereocenters. The van der Waals surface area contributed by atoms with Crippen molar-refractivity contribution in [3.63, 3.8) is 0 Å². The van der Waals surface area contributed by atoms with E-state index in [0.717, 1.165) is 42.4 Å². The third kappa shape index (κ3) is 5.97. The minimum Gasteiger partial charge on any atom is -0.497 e. The molecule has 1 aromatic carbocycles. The highest BCUT2D eigenvalue weighted by Crippen LogP contribution is 2.25. The Morgan fingerprint density at radius 3 is 2.53 bits per heavy atom. The monoisotopic (exact) mass is 265 g/mol. The Morgan fingerprint density at radius 2 is 1.95 bits per heavy atom. The summed E-state index contributed by atoms with van der Waals surface area (Å²) in [6, 6.07) is 6.04. The van der Waals surface area contributed by atoms with E-state index in [1.807, 2.05) is 25.1 Å². The van der Waals surface area contributed by atoms with Gasteiger partial charge in [-0.15, -0.1) is 0 Å². The van der Waals surface area contributed by atoms with Crippen molar-refractivity contribution in [2.75, 3.05) is 13.7 Å². The third-order valence-electron chi connectivity index (χ3n) is 2.99. The van der Waals surface area contributed by atoms with Gasteiger partial charge in [-0.1, -0.05) is 13.8 Å². The molecular weight excluding hydrogens is 238 g/mol. The van der Waals surface area contributed by atoms with Crippen molar-refractivity contribution in [1.29, 1.82) is 0 Å². The van der Waals surface area contributed by atoms with Gasteiger partial charge >= 0.3 is 0 Å². The molecule has 3 heteroatoms. The molecule has 1 aromatic rings. The zero-order valence-corrected chi connectivity index (χ0v) is 12.6. The van der Waals surface area contributed by atoms with Crippen LogP contribution in [0.5, 0.6) is 11.5 Å². The second-order valence-electron chi connectivity index (χ2n) is 5.54. The first-order valence-corrected chi connectivity index (χ1v) is 7.08. The number of hydrogen-bond donors (Lipinski definition) is 1. The number of ether oxygens (including phenoxy) is 2. The standard InChI is InChI=1S/C16H27NO2/c1-12(2)6-5-9-19-16-8-7-15(18-4)11-14(16)10-13(3)17/h7-8,11-13H,5-6,9-10,17H2,1-4H3. The molecule has 0 saturated carbocycles. The van der Waals surface area contributed by atoms with Crippen LogP contribution in [-0.4, -0.2) is 19.8 Å². The Balaban J connectivity index is 2.64. The van der Waals surface area contributed by atoms with E-state index in [1.54, 1.807) is 7.11 Å². The molecule has 1 unspecified atom stereocenters. The van der Waals surface area contributed by atoms with E-state index >= 15 is 0 Å². The van der Waals surface area contributed by atoms with Crippen LogP contribution < -0.4 is 15.2 Å². The highest BCUT2D eigenvalue weighted by atomic mass is 16.5. The summed E-state index contributed by atoms with van der Waals surface area (Å²) in [6.45, 7) is 7.22. The van der Waals surface area contributed by atoms with Gasteiger partial charge in [0.1, 0.15) is 11.5 Å². The molecule has 0 fully saturated rings.